The zero-order valence-electron chi connectivity index (χ0n) is 19.4. The predicted molar refractivity (Wildman–Crippen MR) is 124 cm³/mol. The Balaban J connectivity index is 1.39. The van der Waals surface area contributed by atoms with Gasteiger partial charge in [-0.05, 0) is 80.0 Å². The highest BCUT2D eigenvalue weighted by molar-refractivity contribution is 5.70. The van der Waals surface area contributed by atoms with Gasteiger partial charge < -0.3 is 19.9 Å². The summed E-state index contributed by atoms with van der Waals surface area (Å²) in [5.41, 5.74) is 1.86. The lowest BCUT2D eigenvalue weighted by Gasteiger charge is -2.52. The van der Waals surface area contributed by atoms with Crippen molar-refractivity contribution in [3.8, 4) is 17.6 Å². The zero-order valence-corrected chi connectivity index (χ0v) is 19.4. The van der Waals surface area contributed by atoms with Crippen molar-refractivity contribution in [2.75, 3.05) is 39.4 Å². The zero-order chi connectivity index (χ0) is 22.6. The number of hydrogen-bond acceptors (Lipinski definition) is 5. The Kier molecular flexibility index (Phi) is 7.09. The number of nitrogens with zero attached hydrogens (tertiary/aromatic N) is 1. The Hall–Kier alpha value is -2.07. The number of benzene rings is 1. The largest absolute Gasteiger partial charge is 0.412 e. The molecule has 2 aliphatic carbocycles. The van der Waals surface area contributed by atoms with Gasteiger partial charge in [-0.2, -0.15) is 0 Å². The topological polar surface area (TPSA) is 71.0 Å². The number of ether oxygens (including phenoxy) is 2. The number of amides is 1. The lowest BCUT2D eigenvalue weighted by molar-refractivity contribution is -0.00925. The number of nitrogens with one attached hydrogen (secondary N) is 1. The van der Waals surface area contributed by atoms with Crippen LogP contribution in [0, 0.1) is 17.8 Å². The molecule has 4 rings (SSSR count). The van der Waals surface area contributed by atoms with E-state index in [9.17, 15) is 9.90 Å². The molecule has 1 aromatic rings. The van der Waals surface area contributed by atoms with Crippen molar-refractivity contribution in [2.24, 2.45) is 5.92 Å². The van der Waals surface area contributed by atoms with Crippen LogP contribution >= 0.6 is 0 Å². The number of aliphatic hydroxyl groups is 1. The number of rotatable bonds is 5. The third-order valence-electron chi connectivity index (χ3n) is 7.73. The third-order valence-corrected chi connectivity index (χ3v) is 7.73. The number of morpholine rings is 1. The van der Waals surface area contributed by atoms with Gasteiger partial charge in [-0.15, -0.1) is 5.92 Å². The van der Waals surface area contributed by atoms with E-state index in [1.165, 1.54) is 11.1 Å². The van der Waals surface area contributed by atoms with Gasteiger partial charge in [0.1, 0.15) is 11.4 Å². The summed E-state index contributed by atoms with van der Waals surface area (Å²) in [5, 5.41) is 13.8. The summed E-state index contributed by atoms with van der Waals surface area (Å²) >= 11 is 0. The molecule has 1 saturated carbocycles. The Labute approximate surface area is 191 Å². The monoisotopic (exact) mass is 440 g/mol. The molecule has 2 fully saturated rings. The van der Waals surface area contributed by atoms with Gasteiger partial charge in [-0.3, -0.25) is 4.90 Å². The van der Waals surface area contributed by atoms with E-state index in [1.807, 2.05) is 12.1 Å². The fourth-order valence-corrected chi connectivity index (χ4v) is 6.01. The summed E-state index contributed by atoms with van der Waals surface area (Å²) in [6.07, 6.45) is 5.00. The second-order valence-electron chi connectivity index (χ2n) is 9.45. The molecule has 1 aliphatic heterocycles. The molecule has 0 bridgehead atoms. The first kappa shape index (κ1) is 23.1. The van der Waals surface area contributed by atoms with E-state index in [0.29, 0.717) is 24.6 Å². The van der Waals surface area contributed by atoms with Gasteiger partial charge in [0.25, 0.3) is 0 Å². The second-order valence-corrected chi connectivity index (χ2v) is 9.45. The molecule has 1 heterocycles. The lowest BCUT2D eigenvalue weighted by Crippen LogP contribution is -2.49. The summed E-state index contributed by atoms with van der Waals surface area (Å²) < 4.78 is 10.9. The second kappa shape index (κ2) is 9.82. The van der Waals surface area contributed by atoms with Crippen LogP contribution in [0.4, 0.5) is 4.79 Å². The van der Waals surface area contributed by atoms with Gasteiger partial charge in [0.2, 0.25) is 0 Å². The Morgan fingerprint density at radius 3 is 2.91 bits per heavy atom. The summed E-state index contributed by atoms with van der Waals surface area (Å²) in [6, 6.07) is 6.11. The van der Waals surface area contributed by atoms with Crippen molar-refractivity contribution >= 4 is 6.09 Å². The highest BCUT2D eigenvalue weighted by Crippen LogP contribution is 2.54. The molecule has 6 heteroatoms. The maximum absolute atomic E-state index is 12.3. The smallest absolute Gasteiger partial charge is 0.410 e. The molecule has 32 heavy (non-hydrogen) atoms. The SMILES string of the molecule is CC#C[C@@]1(O)CC[C@]2(CC)c3ccc(OC(=O)NCCN4CCOCC4)cc3CC[C@@H]2C1. The van der Waals surface area contributed by atoms with Crippen LogP contribution in [-0.2, 0) is 16.6 Å². The minimum atomic E-state index is -0.849. The van der Waals surface area contributed by atoms with Gasteiger partial charge in [0, 0.05) is 26.2 Å². The molecule has 0 spiro atoms. The van der Waals surface area contributed by atoms with Crippen LogP contribution < -0.4 is 10.1 Å². The van der Waals surface area contributed by atoms with E-state index in [1.54, 1.807) is 6.92 Å². The molecule has 6 nitrogen and oxygen atoms in total. The van der Waals surface area contributed by atoms with Crippen LogP contribution in [0.5, 0.6) is 5.75 Å². The average molecular weight is 441 g/mol. The highest BCUT2D eigenvalue weighted by Gasteiger charge is 2.50. The summed E-state index contributed by atoms with van der Waals surface area (Å²) in [7, 11) is 0. The van der Waals surface area contributed by atoms with E-state index in [4.69, 9.17) is 9.47 Å². The Bertz CT molecular complexity index is 886. The van der Waals surface area contributed by atoms with E-state index >= 15 is 0 Å². The van der Waals surface area contributed by atoms with Crippen molar-refractivity contribution in [3.05, 3.63) is 29.3 Å². The molecular formula is C26H36N2O4. The maximum atomic E-state index is 12.3. The van der Waals surface area contributed by atoms with Crippen LogP contribution in [0.15, 0.2) is 18.2 Å². The molecule has 0 radical (unpaired) electrons. The fraction of sp³-hybridized carbons (Fsp3) is 0.654. The highest BCUT2D eigenvalue weighted by atomic mass is 16.6. The van der Waals surface area contributed by atoms with Crippen molar-refractivity contribution in [1.82, 2.24) is 10.2 Å². The minimum absolute atomic E-state index is 0.0776. The van der Waals surface area contributed by atoms with Crippen molar-refractivity contribution in [2.45, 2.75) is 63.4 Å². The molecule has 0 unspecified atom stereocenters. The van der Waals surface area contributed by atoms with Crippen LogP contribution in [0.3, 0.4) is 0 Å². The number of hydrogen-bond donors (Lipinski definition) is 2. The Morgan fingerprint density at radius 2 is 2.16 bits per heavy atom. The standard InChI is InChI=1S/C26H36N2O4/c1-3-9-25(30)10-11-26(4-2)21(19-25)6-5-20-18-22(7-8-23(20)26)32-24(29)27-12-13-28-14-16-31-17-15-28/h7-8,18,21,30H,4-6,10-17,19H2,1-2H3,(H,27,29)/t21-,25-,26+/m1/s1. The minimum Gasteiger partial charge on any atom is -0.410 e. The molecule has 2 N–H and O–H groups in total. The molecule has 174 valence electrons. The van der Waals surface area contributed by atoms with Crippen LogP contribution in [0.2, 0.25) is 0 Å². The molecule has 0 aromatic heterocycles. The summed E-state index contributed by atoms with van der Waals surface area (Å²) in [5.74, 6) is 7.00. The first-order valence-electron chi connectivity index (χ1n) is 12.0. The maximum Gasteiger partial charge on any atom is 0.412 e. The fourth-order valence-electron chi connectivity index (χ4n) is 6.01. The molecule has 1 saturated heterocycles. The van der Waals surface area contributed by atoms with Crippen molar-refractivity contribution in [1.29, 1.82) is 0 Å². The van der Waals surface area contributed by atoms with Gasteiger partial charge in [-0.1, -0.05) is 18.9 Å². The summed E-state index contributed by atoms with van der Waals surface area (Å²) in [4.78, 5) is 14.6. The van der Waals surface area contributed by atoms with Gasteiger partial charge >= 0.3 is 6.09 Å². The quantitative estimate of drug-likeness (QED) is 0.688. The van der Waals surface area contributed by atoms with Crippen LogP contribution in [0.25, 0.3) is 0 Å². The molecule has 1 amide bonds. The van der Waals surface area contributed by atoms with Crippen LogP contribution in [-0.4, -0.2) is 61.1 Å². The number of fused-ring (bicyclic) bond motifs is 3. The number of carbonyl (C=O) groups excluding carboxylic acids is 1. The average Bonchev–Trinajstić information content (AvgIpc) is 2.79. The molecule has 1 aromatic carbocycles. The molecule has 3 aliphatic rings. The lowest BCUT2D eigenvalue weighted by atomic mass is 9.53. The molecular weight excluding hydrogens is 404 g/mol. The van der Waals surface area contributed by atoms with Gasteiger partial charge in [0.15, 0.2) is 0 Å². The molecule has 3 atom stereocenters. The van der Waals surface area contributed by atoms with Crippen LogP contribution in [0.1, 0.15) is 57.1 Å². The van der Waals surface area contributed by atoms with E-state index in [0.717, 1.165) is 65.0 Å². The normalized spacial score (nSPS) is 29.8. The Morgan fingerprint density at radius 1 is 1.34 bits per heavy atom. The van der Waals surface area contributed by atoms with Gasteiger partial charge in [-0.25, -0.2) is 4.79 Å². The first-order chi connectivity index (χ1) is 15.5. The van der Waals surface area contributed by atoms with E-state index in [2.05, 4.69) is 35.0 Å². The predicted octanol–water partition coefficient (Wildman–Crippen LogP) is 3.26. The van der Waals surface area contributed by atoms with Crippen molar-refractivity contribution in [3.63, 3.8) is 0 Å². The van der Waals surface area contributed by atoms with Crippen molar-refractivity contribution < 1.29 is 19.4 Å². The summed E-state index contributed by atoms with van der Waals surface area (Å²) in [6.45, 7) is 8.75. The van der Waals surface area contributed by atoms with Gasteiger partial charge in [0.05, 0.1) is 13.2 Å². The van der Waals surface area contributed by atoms with E-state index in [-0.39, 0.29) is 5.41 Å². The third kappa shape index (κ3) is 4.80. The number of carbonyl (C=O) groups is 1. The van der Waals surface area contributed by atoms with E-state index < -0.39 is 11.7 Å². The first-order valence-corrected chi connectivity index (χ1v) is 12.0. The number of aryl methyl sites for hydroxylation is 1.